The van der Waals surface area contributed by atoms with Crippen LogP contribution in [0.25, 0.3) is 0 Å². The second-order valence-electron chi connectivity index (χ2n) is 3.36. The topological polar surface area (TPSA) is 121 Å². The second-order valence-corrected chi connectivity index (χ2v) is 5.56. The van der Waals surface area contributed by atoms with Crippen LogP contribution in [0.15, 0.2) is 16.6 Å². The van der Waals surface area contributed by atoms with Gasteiger partial charge in [0.15, 0.2) is 4.34 Å². The van der Waals surface area contributed by atoms with Crippen LogP contribution in [-0.2, 0) is 16.0 Å². The molecule has 0 fully saturated rings. The summed E-state index contributed by atoms with van der Waals surface area (Å²) in [5, 5.41) is 25.4. The SMILES string of the molecule is O=C(O)CSc1nnc(NC(=O)Cc2ccn[nH]2)s1. The van der Waals surface area contributed by atoms with Crippen molar-refractivity contribution >= 4 is 40.1 Å². The van der Waals surface area contributed by atoms with Gasteiger partial charge in [0.2, 0.25) is 11.0 Å². The van der Waals surface area contributed by atoms with Crippen molar-refractivity contribution in [3.8, 4) is 0 Å². The Morgan fingerprint density at radius 1 is 1.47 bits per heavy atom. The highest BCUT2D eigenvalue weighted by Crippen LogP contribution is 2.25. The number of hydrogen-bond donors (Lipinski definition) is 3. The Bertz CT molecular complexity index is 568. The smallest absolute Gasteiger partial charge is 0.313 e. The molecule has 2 rings (SSSR count). The molecule has 8 nitrogen and oxygen atoms in total. The summed E-state index contributed by atoms with van der Waals surface area (Å²) in [6.45, 7) is 0. The van der Waals surface area contributed by atoms with Crippen molar-refractivity contribution in [1.82, 2.24) is 20.4 Å². The van der Waals surface area contributed by atoms with E-state index < -0.39 is 5.97 Å². The fourth-order valence-corrected chi connectivity index (χ4v) is 2.65. The number of carboxylic acids is 1. The average molecular weight is 299 g/mol. The number of carbonyl (C=O) groups excluding carboxylic acids is 1. The molecule has 0 aliphatic heterocycles. The first-order valence-corrected chi connectivity index (χ1v) is 6.90. The number of carboxylic acid groups (broad SMARTS) is 1. The second kappa shape index (κ2) is 6.29. The highest BCUT2D eigenvalue weighted by molar-refractivity contribution is 8.01. The molecular weight excluding hydrogens is 290 g/mol. The fraction of sp³-hybridized carbons (Fsp3) is 0.222. The Morgan fingerprint density at radius 3 is 3.00 bits per heavy atom. The van der Waals surface area contributed by atoms with Crippen molar-refractivity contribution < 1.29 is 14.7 Å². The van der Waals surface area contributed by atoms with Crippen LogP contribution in [-0.4, -0.2) is 43.1 Å². The molecule has 0 aromatic carbocycles. The van der Waals surface area contributed by atoms with Gasteiger partial charge in [0.1, 0.15) is 0 Å². The molecule has 3 N–H and O–H groups in total. The lowest BCUT2D eigenvalue weighted by Crippen LogP contribution is -2.14. The monoisotopic (exact) mass is 299 g/mol. The molecule has 0 saturated heterocycles. The predicted octanol–water partition coefficient (Wildman–Crippen LogP) is 0.619. The van der Waals surface area contributed by atoms with Crippen molar-refractivity contribution in [1.29, 1.82) is 0 Å². The number of H-pyrrole nitrogens is 1. The van der Waals surface area contributed by atoms with Crippen LogP contribution in [0.3, 0.4) is 0 Å². The maximum absolute atomic E-state index is 11.6. The average Bonchev–Trinajstić information content (AvgIpc) is 2.98. The quantitative estimate of drug-likeness (QED) is 0.528. The van der Waals surface area contributed by atoms with Gasteiger partial charge in [-0.2, -0.15) is 5.10 Å². The van der Waals surface area contributed by atoms with Crippen LogP contribution < -0.4 is 5.32 Å². The molecule has 2 aromatic rings. The maximum atomic E-state index is 11.6. The van der Waals surface area contributed by atoms with E-state index in [-0.39, 0.29) is 18.1 Å². The molecule has 0 aliphatic carbocycles. The zero-order valence-electron chi connectivity index (χ0n) is 9.49. The van der Waals surface area contributed by atoms with E-state index in [9.17, 15) is 9.59 Å². The summed E-state index contributed by atoms with van der Waals surface area (Å²) in [6, 6.07) is 1.70. The molecule has 1 amide bonds. The summed E-state index contributed by atoms with van der Waals surface area (Å²) in [4.78, 5) is 22.0. The third-order valence-corrected chi connectivity index (χ3v) is 3.84. The van der Waals surface area contributed by atoms with Gasteiger partial charge in [-0.25, -0.2) is 0 Å². The molecule has 0 unspecified atom stereocenters. The van der Waals surface area contributed by atoms with Gasteiger partial charge in [-0.1, -0.05) is 23.1 Å². The third kappa shape index (κ3) is 4.34. The van der Waals surface area contributed by atoms with Gasteiger partial charge < -0.3 is 10.4 Å². The number of aromatic nitrogens is 4. The standard InChI is InChI=1S/C9H9N5O3S2/c15-6(3-5-1-2-10-12-5)11-8-13-14-9(19-8)18-4-7(16)17/h1-2H,3-4H2,(H,10,12)(H,16,17)(H,11,13,15). The molecule has 2 aromatic heterocycles. The molecule has 0 saturated carbocycles. The number of nitrogens with zero attached hydrogens (tertiary/aromatic N) is 3. The molecule has 0 radical (unpaired) electrons. The number of anilines is 1. The molecule has 2 heterocycles. The Labute approximate surface area is 115 Å². The Morgan fingerprint density at radius 2 is 2.32 bits per heavy atom. The van der Waals surface area contributed by atoms with E-state index >= 15 is 0 Å². The molecular formula is C9H9N5O3S2. The maximum Gasteiger partial charge on any atom is 0.313 e. The van der Waals surface area contributed by atoms with Crippen molar-refractivity contribution in [3.63, 3.8) is 0 Å². The summed E-state index contributed by atoms with van der Waals surface area (Å²) in [6.07, 6.45) is 1.73. The van der Waals surface area contributed by atoms with Gasteiger partial charge in [-0.15, -0.1) is 10.2 Å². The van der Waals surface area contributed by atoms with Crippen molar-refractivity contribution in [3.05, 3.63) is 18.0 Å². The van der Waals surface area contributed by atoms with Crippen LogP contribution in [0.1, 0.15) is 5.69 Å². The Hall–Kier alpha value is -1.94. The van der Waals surface area contributed by atoms with Gasteiger partial charge in [0.05, 0.1) is 12.2 Å². The number of aliphatic carboxylic acids is 1. The fourth-order valence-electron chi connectivity index (χ4n) is 1.16. The lowest BCUT2D eigenvalue weighted by Gasteiger charge is -1.98. The minimum absolute atomic E-state index is 0.0866. The predicted molar refractivity (Wildman–Crippen MR) is 69.2 cm³/mol. The van der Waals surface area contributed by atoms with E-state index in [1.807, 2.05) is 0 Å². The van der Waals surface area contributed by atoms with Crippen LogP contribution >= 0.6 is 23.1 Å². The normalized spacial score (nSPS) is 10.3. The number of amides is 1. The van der Waals surface area contributed by atoms with Crippen molar-refractivity contribution in [2.75, 3.05) is 11.1 Å². The van der Waals surface area contributed by atoms with E-state index in [4.69, 9.17) is 5.11 Å². The zero-order valence-corrected chi connectivity index (χ0v) is 11.1. The van der Waals surface area contributed by atoms with E-state index in [1.165, 1.54) is 0 Å². The van der Waals surface area contributed by atoms with Crippen LogP contribution in [0.4, 0.5) is 5.13 Å². The van der Waals surface area contributed by atoms with E-state index in [0.29, 0.717) is 15.2 Å². The summed E-state index contributed by atoms with van der Waals surface area (Å²) in [5.41, 5.74) is 0.697. The number of nitrogens with one attached hydrogen (secondary N) is 2. The highest BCUT2D eigenvalue weighted by Gasteiger charge is 2.10. The first kappa shape index (κ1) is 13.5. The van der Waals surface area contributed by atoms with Crippen molar-refractivity contribution in [2.45, 2.75) is 10.8 Å². The molecule has 10 heteroatoms. The third-order valence-electron chi connectivity index (χ3n) is 1.88. The summed E-state index contributed by atoms with van der Waals surface area (Å²) >= 11 is 2.20. The number of rotatable bonds is 6. The summed E-state index contributed by atoms with van der Waals surface area (Å²) in [7, 11) is 0. The van der Waals surface area contributed by atoms with E-state index in [1.54, 1.807) is 12.3 Å². The number of thioether (sulfide) groups is 1. The molecule has 19 heavy (non-hydrogen) atoms. The van der Waals surface area contributed by atoms with Crippen LogP contribution in [0, 0.1) is 0 Å². The van der Waals surface area contributed by atoms with Crippen molar-refractivity contribution in [2.24, 2.45) is 0 Å². The first-order chi connectivity index (χ1) is 9.13. The van der Waals surface area contributed by atoms with E-state index in [0.717, 1.165) is 23.1 Å². The highest BCUT2D eigenvalue weighted by atomic mass is 32.2. The zero-order chi connectivity index (χ0) is 13.7. The molecule has 0 bridgehead atoms. The van der Waals surface area contributed by atoms with Gasteiger partial charge in [-0.05, 0) is 6.07 Å². The number of aromatic amines is 1. The molecule has 100 valence electrons. The number of hydrogen-bond acceptors (Lipinski definition) is 7. The first-order valence-electron chi connectivity index (χ1n) is 5.09. The minimum Gasteiger partial charge on any atom is -0.481 e. The minimum atomic E-state index is -0.926. The van der Waals surface area contributed by atoms with Gasteiger partial charge in [0, 0.05) is 11.9 Å². The van der Waals surface area contributed by atoms with Gasteiger partial charge >= 0.3 is 5.97 Å². The van der Waals surface area contributed by atoms with Crippen LogP contribution in [0.5, 0.6) is 0 Å². The summed E-state index contributed by atoms with van der Waals surface area (Å²) < 4.78 is 0.499. The molecule has 0 atom stereocenters. The lowest BCUT2D eigenvalue weighted by atomic mass is 10.3. The molecule has 0 spiro atoms. The van der Waals surface area contributed by atoms with Gasteiger partial charge in [-0.3, -0.25) is 14.7 Å². The van der Waals surface area contributed by atoms with Gasteiger partial charge in [0.25, 0.3) is 0 Å². The number of carbonyl (C=O) groups is 2. The van der Waals surface area contributed by atoms with Crippen LogP contribution in [0.2, 0.25) is 0 Å². The Balaban J connectivity index is 1.85. The Kier molecular flexibility index (Phi) is 4.47. The molecule has 0 aliphatic rings. The van der Waals surface area contributed by atoms with E-state index in [2.05, 4.69) is 25.7 Å². The lowest BCUT2D eigenvalue weighted by molar-refractivity contribution is -0.133. The largest absolute Gasteiger partial charge is 0.481 e. The summed E-state index contributed by atoms with van der Waals surface area (Å²) in [5.74, 6) is -1.25.